The second-order valence-electron chi connectivity index (χ2n) is 3.85. The predicted octanol–water partition coefficient (Wildman–Crippen LogP) is 2.14. The predicted molar refractivity (Wildman–Crippen MR) is 57.5 cm³/mol. The molecule has 1 aliphatic rings. The maximum absolute atomic E-state index is 11.4. The number of rotatable bonds is 0. The normalized spacial score (nSPS) is 20.4. The minimum absolute atomic E-state index is 0.0781. The first-order chi connectivity index (χ1) is 6.65. The highest BCUT2D eigenvalue weighted by atomic mass is 16.1. The molecule has 1 aliphatic heterocycles. The van der Waals surface area contributed by atoms with Crippen LogP contribution in [-0.4, -0.2) is 11.9 Å². The topological polar surface area (TPSA) is 41.1 Å². The quantitative estimate of drug-likeness (QED) is 0.658. The van der Waals surface area contributed by atoms with Crippen molar-refractivity contribution in [2.45, 2.75) is 26.3 Å². The Balaban J connectivity index is 2.41. The van der Waals surface area contributed by atoms with Crippen molar-refractivity contribution in [3.63, 3.8) is 0 Å². The van der Waals surface area contributed by atoms with E-state index >= 15 is 0 Å². The molecule has 1 atom stereocenters. The summed E-state index contributed by atoms with van der Waals surface area (Å²) in [7, 11) is 0. The first-order valence-corrected chi connectivity index (χ1v) is 4.82. The van der Waals surface area contributed by atoms with E-state index in [9.17, 15) is 4.79 Å². The molecule has 0 saturated carbocycles. The largest absolute Gasteiger partial charge is 0.380 e. The first kappa shape index (κ1) is 9.06. The minimum Gasteiger partial charge on any atom is -0.380 e. The summed E-state index contributed by atoms with van der Waals surface area (Å²) >= 11 is 0. The van der Waals surface area contributed by atoms with Crippen molar-refractivity contribution >= 4 is 17.3 Å². The molecule has 0 fully saturated rings. The fourth-order valence-corrected chi connectivity index (χ4v) is 1.68. The molecule has 14 heavy (non-hydrogen) atoms. The number of hydrogen-bond acceptors (Lipinski definition) is 2. The third kappa shape index (κ3) is 1.71. The Morgan fingerprint density at radius 1 is 1.36 bits per heavy atom. The standard InChI is InChI=1S/C11H14N2O/c1-7-3-4-9-10(5-7)13-11(14)6-8(2)12-9/h3-5,8,12H,6H2,1-2H3,(H,13,14). The molecule has 1 aromatic carbocycles. The Hall–Kier alpha value is -1.51. The Kier molecular flexibility index (Phi) is 2.15. The second-order valence-corrected chi connectivity index (χ2v) is 3.85. The van der Waals surface area contributed by atoms with Crippen LogP contribution in [0.2, 0.25) is 0 Å². The van der Waals surface area contributed by atoms with Gasteiger partial charge in [-0.15, -0.1) is 0 Å². The number of hydrogen-bond donors (Lipinski definition) is 2. The van der Waals surface area contributed by atoms with E-state index in [0.717, 1.165) is 16.9 Å². The molecule has 2 N–H and O–H groups in total. The number of anilines is 2. The average molecular weight is 190 g/mol. The van der Waals surface area contributed by atoms with Crippen LogP contribution in [0.4, 0.5) is 11.4 Å². The average Bonchev–Trinajstić information content (AvgIpc) is 2.21. The summed E-state index contributed by atoms with van der Waals surface area (Å²) in [5, 5.41) is 6.19. The minimum atomic E-state index is 0.0781. The highest BCUT2D eigenvalue weighted by Crippen LogP contribution is 2.26. The summed E-state index contributed by atoms with van der Waals surface area (Å²) in [4.78, 5) is 11.4. The van der Waals surface area contributed by atoms with E-state index in [0.29, 0.717) is 6.42 Å². The molecule has 0 bridgehead atoms. The summed E-state index contributed by atoms with van der Waals surface area (Å²) in [5.74, 6) is 0.0781. The molecule has 0 spiro atoms. The van der Waals surface area contributed by atoms with Crippen LogP contribution in [0.25, 0.3) is 0 Å². The molecule has 3 nitrogen and oxygen atoms in total. The van der Waals surface area contributed by atoms with Crippen LogP contribution in [-0.2, 0) is 4.79 Å². The van der Waals surface area contributed by atoms with E-state index in [1.54, 1.807) is 0 Å². The number of nitrogens with one attached hydrogen (secondary N) is 2. The number of carbonyl (C=O) groups excluding carboxylic acids is 1. The lowest BCUT2D eigenvalue weighted by atomic mass is 10.2. The first-order valence-electron chi connectivity index (χ1n) is 4.82. The molecule has 0 aliphatic carbocycles. The maximum Gasteiger partial charge on any atom is 0.226 e. The maximum atomic E-state index is 11.4. The number of fused-ring (bicyclic) bond motifs is 1. The van der Waals surface area contributed by atoms with Gasteiger partial charge in [0, 0.05) is 12.5 Å². The molecule has 74 valence electrons. The molecule has 1 amide bonds. The molecule has 0 saturated heterocycles. The van der Waals surface area contributed by atoms with E-state index in [1.165, 1.54) is 0 Å². The monoisotopic (exact) mass is 190 g/mol. The third-order valence-corrected chi connectivity index (χ3v) is 2.34. The van der Waals surface area contributed by atoms with Gasteiger partial charge in [0.1, 0.15) is 0 Å². The molecular formula is C11H14N2O. The van der Waals surface area contributed by atoms with Crippen molar-refractivity contribution < 1.29 is 4.79 Å². The van der Waals surface area contributed by atoms with Crippen LogP contribution in [0, 0.1) is 6.92 Å². The second kappa shape index (κ2) is 3.33. The van der Waals surface area contributed by atoms with Gasteiger partial charge in [-0.3, -0.25) is 4.79 Å². The van der Waals surface area contributed by atoms with Gasteiger partial charge in [0.15, 0.2) is 0 Å². The fraction of sp³-hybridized carbons (Fsp3) is 0.364. The molecule has 0 radical (unpaired) electrons. The van der Waals surface area contributed by atoms with Crippen molar-refractivity contribution in [1.29, 1.82) is 0 Å². The van der Waals surface area contributed by atoms with Gasteiger partial charge in [-0.2, -0.15) is 0 Å². The van der Waals surface area contributed by atoms with Gasteiger partial charge in [0.05, 0.1) is 11.4 Å². The summed E-state index contributed by atoms with van der Waals surface area (Å²) in [6.45, 7) is 4.02. The van der Waals surface area contributed by atoms with Crippen molar-refractivity contribution in [3.05, 3.63) is 23.8 Å². The molecule has 1 unspecified atom stereocenters. The summed E-state index contributed by atoms with van der Waals surface area (Å²) in [5.41, 5.74) is 3.05. The molecule has 2 rings (SSSR count). The van der Waals surface area contributed by atoms with Crippen molar-refractivity contribution in [1.82, 2.24) is 0 Å². The van der Waals surface area contributed by atoms with Crippen LogP contribution in [0.1, 0.15) is 18.9 Å². The van der Waals surface area contributed by atoms with E-state index in [1.807, 2.05) is 32.0 Å². The third-order valence-electron chi connectivity index (χ3n) is 2.34. The lowest BCUT2D eigenvalue weighted by Crippen LogP contribution is -2.18. The summed E-state index contributed by atoms with van der Waals surface area (Å²) in [6.07, 6.45) is 0.522. The number of benzene rings is 1. The van der Waals surface area contributed by atoms with Crippen LogP contribution < -0.4 is 10.6 Å². The molecule has 1 heterocycles. The van der Waals surface area contributed by atoms with Gasteiger partial charge in [0.2, 0.25) is 5.91 Å². The lowest BCUT2D eigenvalue weighted by molar-refractivity contribution is -0.116. The summed E-state index contributed by atoms with van der Waals surface area (Å²) in [6, 6.07) is 6.22. The Morgan fingerprint density at radius 3 is 2.93 bits per heavy atom. The summed E-state index contributed by atoms with van der Waals surface area (Å²) < 4.78 is 0. The van der Waals surface area contributed by atoms with E-state index in [-0.39, 0.29) is 11.9 Å². The Labute approximate surface area is 83.5 Å². The van der Waals surface area contributed by atoms with Crippen molar-refractivity contribution in [3.8, 4) is 0 Å². The van der Waals surface area contributed by atoms with Crippen LogP contribution in [0.5, 0.6) is 0 Å². The van der Waals surface area contributed by atoms with Crippen LogP contribution >= 0.6 is 0 Å². The van der Waals surface area contributed by atoms with Gasteiger partial charge >= 0.3 is 0 Å². The zero-order chi connectivity index (χ0) is 10.1. The van der Waals surface area contributed by atoms with E-state index in [2.05, 4.69) is 10.6 Å². The number of aryl methyl sites for hydroxylation is 1. The fourth-order valence-electron chi connectivity index (χ4n) is 1.68. The van der Waals surface area contributed by atoms with Gasteiger partial charge in [0.25, 0.3) is 0 Å². The zero-order valence-electron chi connectivity index (χ0n) is 8.42. The lowest BCUT2D eigenvalue weighted by Gasteiger charge is -2.11. The highest BCUT2D eigenvalue weighted by Gasteiger charge is 2.16. The van der Waals surface area contributed by atoms with E-state index < -0.39 is 0 Å². The number of amides is 1. The van der Waals surface area contributed by atoms with Crippen molar-refractivity contribution in [2.24, 2.45) is 0 Å². The molecule has 1 aromatic rings. The number of carbonyl (C=O) groups is 1. The Morgan fingerprint density at radius 2 is 2.14 bits per heavy atom. The van der Waals surface area contributed by atoms with Crippen LogP contribution in [0.3, 0.4) is 0 Å². The van der Waals surface area contributed by atoms with Crippen molar-refractivity contribution in [2.75, 3.05) is 10.6 Å². The van der Waals surface area contributed by atoms with Gasteiger partial charge in [-0.05, 0) is 31.5 Å². The van der Waals surface area contributed by atoms with Gasteiger partial charge in [-0.1, -0.05) is 6.07 Å². The Bertz CT molecular complexity index is 374. The molecular weight excluding hydrogens is 176 g/mol. The highest BCUT2D eigenvalue weighted by molar-refractivity contribution is 5.96. The van der Waals surface area contributed by atoms with E-state index in [4.69, 9.17) is 0 Å². The SMILES string of the molecule is Cc1ccc2c(c1)NC(=O)CC(C)N2. The van der Waals surface area contributed by atoms with Crippen LogP contribution in [0.15, 0.2) is 18.2 Å². The smallest absolute Gasteiger partial charge is 0.226 e. The van der Waals surface area contributed by atoms with Gasteiger partial charge < -0.3 is 10.6 Å². The molecule has 3 heteroatoms. The van der Waals surface area contributed by atoms with Gasteiger partial charge in [-0.25, -0.2) is 0 Å². The molecule has 0 aromatic heterocycles. The zero-order valence-corrected chi connectivity index (χ0v) is 8.42.